The van der Waals surface area contributed by atoms with E-state index in [4.69, 9.17) is 4.18 Å². The molecule has 2 heteroatoms. The second-order valence-electron chi connectivity index (χ2n) is 11.6. The summed E-state index contributed by atoms with van der Waals surface area (Å²) in [6.07, 6.45) is 0. The SMILES string of the molecule is COSc1ccc2c(-c3ccc4ccc5cccc6ccc3c4c56)c3ccccc3c(-c3ccccc3-c3ccccc3)c2c1. The van der Waals surface area contributed by atoms with Crippen molar-refractivity contribution in [1.82, 2.24) is 0 Å². The molecule has 9 aromatic carbocycles. The lowest BCUT2D eigenvalue weighted by atomic mass is 9.82. The maximum absolute atomic E-state index is 5.56. The summed E-state index contributed by atoms with van der Waals surface area (Å²) < 4.78 is 5.56. The maximum atomic E-state index is 5.56. The van der Waals surface area contributed by atoms with Gasteiger partial charge in [-0.05, 0) is 99.4 Å². The number of fused-ring (bicyclic) bond motifs is 2. The second-order valence-corrected chi connectivity index (χ2v) is 12.6. The Morgan fingerprint density at radius 1 is 0.400 bits per heavy atom. The van der Waals surface area contributed by atoms with E-state index in [1.54, 1.807) is 7.11 Å². The molecule has 212 valence electrons. The molecule has 0 aliphatic rings. The summed E-state index contributed by atoms with van der Waals surface area (Å²) in [6.45, 7) is 0. The summed E-state index contributed by atoms with van der Waals surface area (Å²) >= 11 is 1.41. The molecule has 0 aliphatic carbocycles. The van der Waals surface area contributed by atoms with Crippen LogP contribution in [0.5, 0.6) is 0 Å². The predicted octanol–water partition coefficient (Wildman–Crippen LogP) is 12.5. The molecule has 0 N–H and O–H groups in total. The van der Waals surface area contributed by atoms with Gasteiger partial charge >= 0.3 is 0 Å². The average Bonchev–Trinajstić information content (AvgIpc) is 3.10. The van der Waals surface area contributed by atoms with Gasteiger partial charge in [0.2, 0.25) is 0 Å². The summed E-state index contributed by atoms with van der Waals surface area (Å²) in [5.74, 6) is 0. The largest absolute Gasteiger partial charge is 0.314 e. The molecular formula is C43H28OS. The first-order chi connectivity index (χ1) is 22.3. The zero-order valence-corrected chi connectivity index (χ0v) is 25.6. The van der Waals surface area contributed by atoms with Gasteiger partial charge < -0.3 is 4.18 Å². The van der Waals surface area contributed by atoms with E-state index in [1.807, 2.05) is 0 Å². The van der Waals surface area contributed by atoms with Crippen molar-refractivity contribution in [2.24, 2.45) is 0 Å². The van der Waals surface area contributed by atoms with E-state index in [1.165, 1.54) is 99.3 Å². The quantitative estimate of drug-likeness (QED) is 0.112. The van der Waals surface area contributed by atoms with Crippen molar-refractivity contribution < 1.29 is 4.18 Å². The number of hydrogen-bond acceptors (Lipinski definition) is 2. The highest BCUT2D eigenvalue weighted by Crippen LogP contribution is 2.49. The third-order valence-electron chi connectivity index (χ3n) is 9.25. The first-order valence-corrected chi connectivity index (χ1v) is 16.1. The highest BCUT2D eigenvalue weighted by Gasteiger charge is 2.21. The normalized spacial score (nSPS) is 11.8. The van der Waals surface area contributed by atoms with Crippen LogP contribution >= 0.6 is 12.0 Å². The fraction of sp³-hybridized carbons (Fsp3) is 0.0233. The molecule has 0 amide bonds. The van der Waals surface area contributed by atoms with E-state index in [0.717, 1.165) is 4.90 Å². The van der Waals surface area contributed by atoms with Gasteiger partial charge in [0.1, 0.15) is 0 Å². The molecule has 0 saturated carbocycles. The Labute approximate surface area is 266 Å². The van der Waals surface area contributed by atoms with Gasteiger partial charge in [-0.1, -0.05) is 140 Å². The van der Waals surface area contributed by atoms with Crippen LogP contribution in [0.1, 0.15) is 0 Å². The van der Waals surface area contributed by atoms with Gasteiger partial charge in [0.05, 0.1) is 7.11 Å². The van der Waals surface area contributed by atoms with Gasteiger partial charge in [0.15, 0.2) is 0 Å². The number of hydrogen-bond donors (Lipinski definition) is 0. The van der Waals surface area contributed by atoms with Gasteiger partial charge in [0, 0.05) is 16.9 Å². The first-order valence-electron chi connectivity index (χ1n) is 15.3. The van der Waals surface area contributed by atoms with Crippen molar-refractivity contribution in [2.45, 2.75) is 4.90 Å². The van der Waals surface area contributed by atoms with E-state index >= 15 is 0 Å². The molecule has 0 radical (unpaired) electrons. The zero-order chi connectivity index (χ0) is 29.9. The number of rotatable bonds is 5. The van der Waals surface area contributed by atoms with Crippen LogP contribution in [0.15, 0.2) is 157 Å². The minimum Gasteiger partial charge on any atom is -0.314 e. The zero-order valence-electron chi connectivity index (χ0n) is 24.8. The molecule has 9 rings (SSSR count). The van der Waals surface area contributed by atoms with E-state index < -0.39 is 0 Å². The van der Waals surface area contributed by atoms with Crippen molar-refractivity contribution in [3.63, 3.8) is 0 Å². The van der Waals surface area contributed by atoms with Gasteiger partial charge in [-0.15, -0.1) is 0 Å². The molecule has 0 heterocycles. The molecule has 0 aromatic heterocycles. The van der Waals surface area contributed by atoms with E-state index in [-0.39, 0.29) is 0 Å². The van der Waals surface area contributed by atoms with E-state index in [0.29, 0.717) is 0 Å². The molecule has 0 fully saturated rings. The monoisotopic (exact) mass is 592 g/mol. The van der Waals surface area contributed by atoms with Crippen LogP contribution in [0.25, 0.3) is 87.2 Å². The average molecular weight is 593 g/mol. The topological polar surface area (TPSA) is 9.23 Å². The maximum Gasteiger partial charge on any atom is 0.0508 e. The molecule has 0 bridgehead atoms. The Hall–Kier alpha value is -5.15. The number of benzene rings is 9. The van der Waals surface area contributed by atoms with Crippen LogP contribution in [0.4, 0.5) is 0 Å². The molecule has 0 unspecified atom stereocenters. The van der Waals surface area contributed by atoms with Crippen molar-refractivity contribution in [3.05, 3.63) is 152 Å². The summed E-state index contributed by atoms with van der Waals surface area (Å²) in [5.41, 5.74) is 7.45. The van der Waals surface area contributed by atoms with Crippen LogP contribution in [0.2, 0.25) is 0 Å². The highest BCUT2D eigenvalue weighted by molar-refractivity contribution is 7.94. The lowest BCUT2D eigenvalue weighted by Crippen LogP contribution is -1.94. The lowest BCUT2D eigenvalue weighted by Gasteiger charge is -2.21. The first kappa shape index (κ1) is 26.3. The highest BCUT2D eigenvalue weighted by atomic mass is 32.2. The summed E-state index contributed by atoms with van der Waals surface area (Å²) in [6, 6.07) is 55.7. The smallest absolute Gasteiger partial charge is 0.0508 e. The third kappa shape index (κ3) is 4.07. The molecule has 0 aliphatic heterocycles. The summed E-state index contributed by atoms with van der Waals surface area (Å²) in [7, 11) is 1.73. The van der Waals surface area contributed by atoms with Crippen LogP contribution in [-0.4, -0.2) is 7.11 Å². The Bertz CT molecular complexity index is 2530. The van der Waals surface area contributed by atoms with Crippen LogP contribution in [-0.2, 0) is 4.18 Å². The van der Waals surface area contributed by atoms with Crippen LogP contribution in [0, 0.1) is 0 Å². The van der Waals surface area contributed by atoms with Gasteiger partial charge in [-0.25, -0.2) is 0 Å². The molecule has 45 heavy (non-hydrogen) atoms. The Balaban J connectivity index is 1.45. The Kier molecular flexibility index (Phi) is 6.12. The van der Waals surface area contributed by atoms with E-state index in [9.17, 15) is 0 Å². The molecular weight excluding hydrogens is 565 g/mol. The van der Waals surface area contributed by atoms with Crippen molar-refractivity contribution >= 4 is 65.9 Å². The summed E-state index contributed by atoms with van der Waals surface area (Å²) in [4.78, 5) is 1.08. The third-order valence-corrected chi connectivity index (χ3v) is 9.87. The Morgan fingerprint density at radius 3 is 1.73 bits per heavy atom. The molecule has 0 spiro atoms. The van der Waals surface area contributed by atoms with Gasteiger partial charge in [0.25, 0.3) is 0 Å². The fourth-order valence-corrected chi connectivity index (χ4v) is 7.89. The van der Waals surface area contributed by atoms with Crippen molar-refractivity contribution in [1.29, 1.82) is 0 Å². The fourth-order valence-electron chi connectivity index (χ4n) is 7.41. The van der Waals surface area contributed by atoms with Gasteiger partial charge in [-0.3, -0.25) is 0 Å². The van der Waals surface area contributed by atoms with Crippen molar-refractivity contribution in [2.75, 3.05) is 7.11 Å². The molecule has 0 atom stereocenters. The van der Waals surface area contributed by atoms with Crippen molar-refractivity contribution in [3.8, 4) is 33.4 Å². The predicted molar refractivity (Wildman–Crippen MR) is 194 cm³/mol. The van der Waals surface area contributed by atoms with Gasteiger partial charge in [-0.2, -0.15) is 0 Å². The van der Waals surface area contributed by atoms with E-state index in [2.05, 4.69) is 152 Å². The van der Waals surface area contributed by atoms with Crippen LogP contribution in [0.3, 0.4) is 0 Å². The summed E-state index contributed by atoms with van der Waals surface area (Å²) in [5, 5.41) is 12.8. The van der Waals surface area contributed by atoms with Crippen LogP contribution < -0.4 is 0 Å². The minimum absolute atomic E-state index is 1.08. The second kappa shape index (κ2) is 10.5. The minimum atomic E-state index is 1.08. The lowest BCUT2D eigenvalue weighted by molar-refractivity contribution is 0.490. The Morgan fingerprint density at radius 2 is 0.978 bits per heavy atom. The molecule has 0 saturated heterocycles. The molecule has 9 aromatic rings. The standard InChI is InChI=1S/C43H28OS/c1-44-45-31-22-25-38-39(26-31)43(33-15-6-5-14-32(33)27-10-3-2-4-11-27)35-17-8-7-16-34(35)42(38)37-24-21-30-19-18-28-12-9-13-29-20-23-36(37)41(30)40(28)29/h2-26H,1H3. The molecule has 1 nitrogen and oxygen atoms in total.